The summed E-state index contributed by atoms with van der Waals surface area (Å²) in [6, 6.07) is 10.1. The summed E-state index contributed by atoms with van der Waals surface area (Å²) in [6.07, 6.45) is 5.63. The smallest absolute Gasteiger partial charge is 0.254 e. The van der Waals surface area contributed by atoms with Crippen LogP contribution in [0.2, 0.25) is 0 Å². The summed E-state index contributed by atoms with van der Waals surface area (Å²) in [4.78, 5) is 17.4. The van der Waals surface area contributed by atoms with E-state index in [1.165, 1.54) is 18.5 Å². The lowest BCUT2D eigenvalue weighted by atomic mass is 9.98. The van der Waals surface area contributed by atoms with Gasteiger partial charge >= 0.3 is 0 Å². The Kier molecular flexibility index (Phi) is 4.47. The Morgan fingerprint density at radius 3 is 2.48 bits per heavy atom. The molecule has 2 saturated heterocycles. The summed E-state index contributed by atoms with van der Waals surface area (Å²) in [6.45, 7) is 4.91. The standard InChI is InChI=1S/C20H25N3O2/c1-15-14-18(21-25-15)19-6-2-3-13-23(19)20(24)16-7-9-17(10-8-16)22-11-4-5-12-22/h7-10,14,19H,2-6,11-13H2,1H3/t19-/m0/s1. The Balaban J connectivity index is 1.53. The van der Waals surface area contributed by atoms with E-state index in [9.17, 15) is 4.79 Å². The summed E-state index contributed by atoms with van der Waals surface area (Å²) >= 11 is 0. The molecule has 0 spiro atoms. The fraction of sp³-hybridized carbons (Fsp3) is 0.500. The SMILES string of the molecule is Cc1cc([C@@H]2CCCCN2C(=O)c2ccc(N3CCCC3)cc2)no1. The molecule has 4 rings (SSSR count). The molecule has 1 amide bonds. The Morgan fingerprint density at radius 1 is 1.08 bits per heavy atom. The largest absolute Gasteiger partial charge is 0.372 e. The van der Waals surface area contributed by atoms with E-state index >= 15 is 0 Å². The van der Waals surface area contributed by atoms with Crippen LogP contribution in [-0.4, -0.2) is 35.6 Å². The molecule has 0 unspecified atom stereocenters. The first kappa shape index (κ1) is 16.2. The number of rotatable bonds is 3. The molecule has 1 aromatic heterocycles. The van der Waals surface area contributed by atoms with E-state index in [1.54, 1.807) is 0 Å². The normalized spacial score (nSPS) is 20.9. The number of piperidine rings is 1. The summed E-state index contributed by atoms with van der Waals surface area (Å²) in [5.41, 5.74) is 2.85. The topological polar surface area (TPSA) is 49.6 Å². The van der Waals surface area contributed by atoms with Gasteiger partial charge in [0.2, 0.25) is 0 Å². The summed E-state index contributed by atoms with van der Waals surface area (Å²) in [7, 11) is 0. The monoisotopic (exact) mass is 339 g/mol. The van der Waals surface area contributed by atoms with Crippen molar-refractivity contribution in [1.29, 1.82) is 0 Å². The predicted molar refractivity (Wildman–Crippen MR) is 96.8 cm³/mol. The number of nitrogens with zero attached hydrogens (tertiary/aromatic N) is 3. The highest BCUT2D eigenvalue weighted by atomic mass is 16.5. The molecule has 0 radical (unpaired) electrons. The lowest BCUT2D eigenvalue weighted by Crippen LogP contribution is -2.38. The number of carbonyl (C=O) groups excluding carboxylic acids is 1. The molecule has 1 atom stereocenters. The van der Waals surface area contributed by atoms with Gasteiger partial charge < -0.3 is 14.3 Å². The first-order valence-electron chi connectivity index (χ1n) is 9.31. The van der Waals surface area contributed by atoms with Crippen LogP contribution in [0.5, 0.6) is 0 Å². The third-order valence-electron chi connectivity index (χ3n) is 5.34. The molecular weight excluding hydrogens is 314 g/mol. The van der Waals surface area contributed by atoms with E-state index in [4.69, 9.17) is 4.52 Å². The van der Waals surface area contributed by atoms with Crippen LogP contribution in [0.4, 0.5) is 5.69 Å². The number of carbonyl (C=O) groups is 1. The lowest BCUT2D eigenvalue weighted by molar-refractivity contribution is 0.0602. The molecule has 2 aliphatic rings. The average Bonchev–Trinajstić information content (AvgIpc) is 3.33. The fourth-order valence-corrected chi connectivity index (χ4v) is 3.98. The molecule has 0 aliphatic carbocycles. The van der Waals surface area contributed by atoms with Crippen LogP contribution in [0, 0.1) is 6.92 Å². The highest BCUT2D eigenvalue weighted by molar-refractivity contribution is 5.95. The van der Waals surface area contributed by atoms with Crippen molar-refractivity contribution < 1.29 is 9.32 Å². The van der Waals surface area contributed by atoms with Gasteiger partial charge in [0.15, 0.2) is 0 Å². The second-order valence-corrected chi connectivity index (χ2v) is 7.11. The molecule has 132 valence electrons. The number of hydrogen-bond donors (Lipinski definition) is 0. The third-order valence-corrected chi connectivity index (χ3v) is 5.34. The molecular formula is C20H25N3O2. The Labute approximate surface area is 148 Å². The molecule has 3 heterocycles. The number of aryl methyl sites for hydroxylation is 1. The number of likely N-dealkylation sites (tertiary alicyclic amines) is 1. The van der Waals surface area contributed by atoms with Gasteiger partial charge in [-0.3, -0.25) is 4.79 Å². The minimum Gasteiger partial charge on any atom is -0.372 e. The molecule has 0 saturated carbocycles. The molecule has 25 heavy (non-hydrogen) atoms. The van der Waals surface area contributed by atoms with Gasteiger partial charge in [0.05, 0.1) is 6.04 Å². The van der Waals surface area contributed by atoms with Gasteiger partial charge in [-0.25, -0.2) is 0 Å². The van der Waals surface area contributed by atoms with Crippen molar-refractivity contribution in [1.82, 2.24) is 10.1 Å². The quantitative estimate of drug-likeness (QED) is 0.849. The maximum atomic E-state index is 13.1. The molecule has 2 aliphatic heterocycles. The lowest BCUT2D eigenvalue weighted by Gasteiger charge is -2.34. The van der Waals surface area contributed by atoms with Crippen molar-refractivity contribution >= 4 is 11.6 Å². The Bertz CT molecular complexity index is 732. The number of aromatic nitrogens is 1. The molecule has 5 heteroatoms. The minimum atomic E-state index is 0.0250. The molecule has 2 fully saturated rings. The van der Waals surface area contributed by atoms with Gasteiger partial charge in [0.25, 0.3) is 5.91 Å². The molecule has 5 nitrogen and oxygen atoms in total. The van der Waals surface area contributed by atoms with Crippen LogP contribution in [0.15, 0.2) is 34.9 Å². The van der Waals surface area contributed by atoms with E-state index in [-0.39, 0.29) is 11.9 Å². The highest BCUT2D eigenvalue weighted by Gasteiger charge is 2.30. The zero-order valence-corrected chi connectivity index (χ0v) is 14.8. The van der Waals surface area contributed by atoms with Gasteiger partial charge in [-0.05, 0) is 63.3 Å². The number of hydrogen-bond acceptors (Lipinski definition) is 4. The predicted octanol–water partition coefficient (Wildman–Crippen LogP) is 3.95. The van der Waals surface area contributed by atoms with Gasteiger partial charge in [-0.15, -0.1) is 0 Å². The first-order valence-corrected chi connectivity index (χ1v) is 9.31. The van der Waals surface area contributed by atoms with Crippen LogP contribution in [-0.2, 0) is 0 Å². The van der Waals surface area contributed by atoms with Crippen molar-refractivity contribution in [3.05, 3.63) is 47.3 Å². The molecule has 2 aromatic rings. The fourth-order valence-electron chi connectivity index (χ4n) is 3.98. The van der Waals surface area contributed by atoms with E-state index in [0.29, 0.717) is 0 Å². The third kappa shape index (κ3) is 3.28. The van der Waals surface area contributed by atoms with Crippen LogP contribution in [0.1, 0.15) is 60.0 Å². The average molecular weight is 339 g/mol. The van der Waals surface area contributed by atoms with E-state index in [1.807, 2.05) is 30.0 Å². The zero-order valence-electron chi connectivity index (χ0n) is 14.8. The van der Waals surface area contributed by atoms with Crippen molar-refractivity contribution in [2.24, 2.45) is 0 Å². The summed E-state index contributed by atoms with van der Waals surface area (Å²) in [5, 5.41) is 4.16. The van der Waals surface area contributed by atoms with Gasteiger partial charge in [0.1, 0.15) is 11.5 Å². The van der Waals surface area contributed by atoms with E-state index < -0.39 is 0 Å². The first-order chi connectivity index (χ1) is 12.2. The van der Waals surface area contributed by atoms with Crippen molar-refractivity contribution in [3.63, 3.8) is 0 Å². The maximum Gasteiger partial charge on any atom is 0.254 e. The molecule has 0 N–H and O–H groups in total. The minimum absolute atomic E-state index is 0.0250. The Morgan fingerprint density at radius 2 is 1.80 bits per heavy atom. The maximum absolute atomic E-state index is 13.1. The highest BCUT2D eigenvalue weighted by Crippen LogP contribution is 2.32. The molecule has 1 aromatic carbocycles. The number of anilines is 1. The van der Waals surface area contributed by atoms with Crippen molar-refractivity contribution in [3.8, 4) is 0 Å². The number of amides is 1. The van der Waals surface area contributed by atoms with Crippen molar-refractivity contribution in [2.75, 3.05) is 24.5 Å². The van der Waals surface area contributed by atoms with Gasteiger partial charge in [-0.2, -0.15) is 0 Å². The summed E-state index contributed by atoms with van der Waals surface area (Å²) < 4.78 is 5.23. The second kappa shape index (κ2) is 6.90. The van der Waals surface area contributed by atoms with E-state index in [0.717, 1.165) is 55.9 Å². The van der Waals surface area contributed by atoms with Crippen LogP contribution >= 0.6 is 0 Å². The van der Waals surface area contributed by atoms with Crippen molar-refractivity contribution in [2.45, 2.75) is 45.1 Å². The van der Waals surface area contributed by atoms with E-state index in [2.05, 4.69) is 22.2 Å². The second-order valence-electron chi connectivity index (χ2n) is 7.11. The summed E-state index contributed by atoms with van der Waals surface area (Å²) in [5.74, 6) is 0.890. The van der Waals surface area contributed by atoms with Gasteiger partial charge in [-0.1, -0.05) is 5.16 Å². The van der Waals surface area contributed by atoms with Gasteiger partial charge in [0, 0.05) is 37.0 Å². The van der Waals surface area contributed by atoms with Crippen LogP contribution in [0.3, 0.4) is 0 Å². The number of benzene rings is 1. The zero-order chi connectivity index (χ0) is 17.2. The molecule has 0 bridgehead atoms. The van der Waals surface area contributed by atoms with Crippen LogP contribution < -0.4 is 4.90 Å². The van der Waals surface area contributed by atoms with Crippen LogP contribution in [0.25, 0.3) is 0 Å². The Hall–Kier alpha value is -2.30.